The molecule has 0 aliphatic carbocycles. The molecule has 6 nitrogen and oxygen atoms in total. The Morgan fingerprint density at radius 2 is 1.62 bits per heavy atom. The Bertz CT molecular complexity index is 862. The minimum Gasteiger partial charge on any atom is -0.484 e. The third kappa shape index (κ3) is 5.86. The molecule has 0 aromatic heterocycles. The molecule has 0 atom stereocenters. The van der Waals surface area contributed by atoms with Crippen LogP contribution in [0, 0.1) is 20.8 Å². The minimum atomic E-state index is -3.57. The number of hydrogen-bond acceptors (Lipinski definition) is 4. The fourth-order valence-corrected chi connectivity index (χ4v) is 3.38. The number of carbonyl (C=O) groups is 1. The van der Waals surface area contributed by atoms with Gasteiger partial charge in [-0.2, -0.15) is 0 Å². The Kier molecular flexibility index (Phi) is 6.76. The third-order valence-electron chi connectivity index (χ3n) is 3.76. The molecule has 0 aliphatic heterocycles. The second-order valence-corrected chi connectivity index (χ2v) is 7.89. The fourth-order valence-electron chi connectivity index (χ4n) is 2.34. The predicted molar refractivity (Wildman–Crippen MR) is 101 cm³/mol. The van der Waals surface area contributed by atoms with E-state index in [1.807, 2.05) is 39.0 Å². The summed E-state index contributed by atoms with van der Waals surface area (Å²) in [5.41, 5.74) is 3.07. The maximum atomic E-state index is 12.1. The van der Waals surface area contributed by atoms with Gasteiger partial charge < -0.3 is 10.1 Å². The monoisotopic (exact) mass is 376 g/mol. The molecule has 2 rings (SSSR count). The van der Waals surface area contributed by atoms with E-state index in [2.05, 4.69) is 10.0 Å². The predicted octanol–water partition coefficient (Wildman–Crippen LogP) is 2.09. The Balaban J connectivity index is 1.73. The van der Waals surface area contributed by atoms with Gasteiger partial charge in [-0.15, -0.1) is 0 Å². The van der Waals surface area contributed by atoms with E-state index in [1.165, 1.54) is 0 Å². The lowest BCUT2D eigenvalue weighted by Crippen LogP contribution is -2.36. The van der Waals surface area contributed by atoms with Crippen molar-refractivity contribution in [2.45, 2.75) is 25.7 Å². The smallest absolute Gasteiger partial charge is 0.257 e. The van der Waals surface area contributed by atoms with E-state index in [1.54, 1.807) is 24.3 Å². The molecule has 26 heavy (non-hydrogen) atoms. The van der Waals surface area contributed by atoms with E-state index in [0.717, 1.165) is 16.7 Å². The lowest BCUT2D eigenvalue weighted by atomic mass is 10.1. The molecule has 0 spiro atoms. The summed E-state index contributed by atoms with van der Waals surface area (Å²) < 4.78 is 32.2. The Hall–Kier alpha value is -2.38. The summed E-state index contributed by atoms with van der Waals surface area (Å²) in [6.45, 7) is 5.96. The molecule has 0 saturated heterocycles. The van der Waals surface area contributed by atoms with Crippen LogP contribution in [0.15, 0.2) is 47.4 Å². The lowest BCUT2D eigenvalue weighted by Gasteiger charge is -2.11. The highest BCUT2D eigenvalue weighted by atomic mass is 32.2. The van der Waals surface area contributed by atoms with Gasteiger partial charge in [-0.1, -0.05) is 35.4 Å². The second kappa shape index (κ2) is 8.82. The van der Waals surface area contributed by atoms with Gasteiger partial charge in [-0.3, -0.25) is 4.79 Å². The number of rotatable bonds is 8. The van der Waals surface area contributed by atoms with Crippen LogP contribution in [-0.4, -0.2) is 34.0 Å². The highest BCUT2D eigenvalue weighted by Gasteiger charge is 2.13. The number of sulfonamides is 1. The van der Waals surface area contributed by atoms with Crippen LogP contribution >= 0.6 is 0 Å². The zero-order valence-electron chi connectivity index (χ0n) is 15.2. The Labute approximate surface area is 154 Å². The van der Waals surface area contributed by atoms with Crippen LogP contribution in [0.5, 0.6) is 5.75 Å². The lowest BCUT2D eigenvalue weighted by molar-refractivity contribution is -0.123. The third-order valence-corrected chi connectivity index (χ3v) is 5.24. The summed E-state index contributed by atoms with van der Waals surface area (Å²) in [6, 6.07) is 12.3. The SMILES string of the molecule is Cc1ccc(S(=O)(=O)NCCNC(=O)COc2ccc(C)cc2C)cc1. The topological polar surface area (TPSA) is 84.5 Å². The van der Waals surface area contributed by atoms with Gasteiger partial charge in [0.15, 0.2) is 6.61 Å². The number of carbonyl (C=O) groups excluding carboxylic acids is 1. The molecule has 0 bridgehead atoms. The van der Waals surface area contributed by atoms with Crippen LogP contribution in [0.25, 0.3) is 0 Å². The zero-order chi connectivity index (χ0) is 19.2. The van der Waals surface area contributed by atoms with Crippen molar-refractivity contribution >= 4 is 15.9 Å². The molecule has 0 unspecified atom stereocenters. The summed E-state index contributed by atoms with van der Waals surface area (Å²) >= 11 is 0. The van der Waals surface area contributed by atoms with E-state index in [-0.39, 0.29) is 30.5 Å². The van der Waals surface area contributed by atoms with Gasteiger partial charge in [0.05, 0.1) is 4.90 Å². The zero-order valence-corrected chi connectivity index (χ0v) is 16.0. The molecule has 0 aliphatic rings. The first kappa shape index (κ1) is 19.9. The molecular formula is C19H24N2O4S. The first-order valence-corrected chi connectivity index (χ1v) is 9.79. The average molecular weight is 376 g/mol. The molecule has 1 amide bonds. The van der Waals surface area contributed by atoms with Gasteiger partial charge in [0.2, 0.25) is 10.0 Å². The molecule has 2 aromatic carbocycles. The van der Waals surface area contributed by atoms with Crippen molar-refractivity contribution in [1.29, 1.82) is 0 Å². The van der Waals surface area contributed by atoms with Crippen LogP contribution in [0.1, 0.15) is 16.7 Å². The van der Waals surface area contributed by atoms with Crippen molar-refractivity contribution in [2.24, 2.45) is 0 Å². The van der Waals surface area contributed by atoms with Gasteiger partial charge in [0.25, 0.3) is 5.91 Å². The van der Waals surface area contributed by atoms with Gasteiger partial charge in [0.1, 0.15) is 5.75 Å². The first-order valence-electron chi connectivity index (χ1n) is 8.31. The summed E-state index contributed by atoms with van der Waals surface area (Å²) in [4.78, 5) is 12.0. The number of benzene rings is 2. The summed E-state index contributed by atoms with van der Waals surface area (Å²) in [5.74, 6) is 0.352. The molecule has 0 saturated carbocycles. The quantitative estimate of drug-likeness (QED) is 0.691. The Morgan fingerprint density at radius 1 is 0.962 bits per heavy atom. The number of nitrogens with one attached hydrogen (secondary N) is 2. The second-order valence-electron chi connectivity index (χ2n) is 6.12. The van der Waals surface area contributed by atoms with Crippen LogP contribution in [0.3, 0.4) is 0 Å². The van der Waals surface area contributed by atoms with E-state index in [4.69, 9.17) is 4.74 Å². The molecule has 0 radical (unpaired) electrons. The number of ether oxygens (including phenoxy) is 1. The number of hydrogen-bond donors (Lipinski definition) is 2. The highest BCUT2D eigenvalue weighted by molar-refractivity contribution is 7.89. The van der Waals surface area contributed by atoms with Gasteiger partial charge in [-0.05, 0) is 44.5 Å². The van der Waals surface area contributed by atoms with Crippen LogP contribution < -0.4 is 14.8 Å². The van der Waals surface area contributed by atoms with Crippen molar-refractivity contribution in [1.82, 2.24) is 10.0 Å². The van der Waals surface area contributed by atoms with Gasteiger partial charge >= 0.3 is 0 Å². The van der Waals surface area contributed by atoms with Crippen molar-refractivity contribution in [3.63, 3.8) is 0 Å². The fraction of sp³-hybridized carbons (Fsp3) is 0.316. The van der Waals surface area contributed by atoms with E-state index in [9.17, 15) is 13.2 Å². The average Bonchev–Trinajstić information content (AvgIpc) is 2.58. The maximum Gasteiger partial charge on any atom is 0.257 e. The Morgan fingerprint density at radius 3 is 2.27 bits per heavy atom. The molecule has 0 heterocycles. The maximum absolute atomic E-state index is 12.1. The van der Waals surface area contributed by atoms with E-state index < -0.39 is 10.0 Å². The number of aryl methyl sites for hydroxylation is 3. The molecule has 2 N–H and O–H groups in total. The van der Waals surface area contributed by atoms with Crippen molar-refractivity contribution < 1.29 is 17.9 Å². The van der Waals surface area contributed by atoms with Crippen LogP contribution in [-0.2, 0) is 14.8 Å². The van der Waals surface area contributed by atoms with Crippen molar-refractivity contribution in [3.05, 3.63) is 59.2 Å². The number of amides is 1. The summed E-state index contributed by atoms with van der Waals surface area (Å²) in [6.07, 6.45) is 0. The normalized spacial score (nSPS) is 11.2. The first-order chi connectivity index (χ1) is 12.3. The standard InChI is InChI=1S/C19H24N2O4S/c1-14-4-7-17(8-5-14)26(23,24)21-11-10-20-19(22)13-25-18-9-6-15(2)12-16(18)3/h4-9,12,21H,10-11,13H2,1-3H3,(H,20,22). The minimum absolute atomic E-state index is 0.103. The molecular weight excluding hydrogens is 352 g/mol. The van der Waals surface area contributed by atoms with Gasteiger partial charge in [0, 0.05) is 13.1 Å². The summed E-state index contributed by atoms with van der Waals surface area (Å²) in [7, 11) is -3.57. The highest BCUT2D eigenvalue weighted by Crippen LogP contribution is 2.18. The van der Waals surface area contributed by atoms with Crippen molar-refractivity contribution in [3.8, 4) is 5.75 Å². The molecule has 0 fully saturated rings. The van der Waals surface area contributed by atoms with E-state index >= 15 is 0 Å². The van der Waals surface area contributed by atoms with E-state index in [0.29, 0.717) is 5.75 Å². The molecule has 140 valence electrons. The van der Waals surface area contributed by atoms with Crippen LogP contribution in [0.2, 0.25) is 0 Å². The largest absolute Gasteiger partial charge is 0.484 e. The molecule has 2 aromatic rings. The molecule has 7 heteroatoms. The summed E-state index contributed by atoms with van der Waals surface area (Å²) in [5, 5.41) is 2.63. The van der Waals surface area contributed by atoms with Crippen molar-refractivity contribution in [2.75, 3.05) is 19.7 Å². The van der Waals surface area contributed by atoms with Crippen LogP contribution in [0.4, 0.5) is 0 Å². The van der Waals surface area contributed by atoms with Gasteiger partial charge in [-0.25, -0.2) is 13.1 Å².